The molecular weight excluding hydrogens is 348 g/mol. The van der Waals surface area contributed by atoms with Crippen molar-refractivity contribution in [1.82, 2.24) is 20.4 Å². The Morgan fingerprint density at radius 2 is 2.15 bits per heavy atom. The van der Waals surface area contributed by atoms with E-state index in [9.17, 15) is 4.79 Å². The number of nitrogens with one attached hydrogen (secondary N) is 2. The van der Waals surface area contributed by atoms with Gasteiger partial charge in [0.1, 0.15) is 0 Å². The zero-order valence-corrected chi connectivity index (χ0v) is 16.0. The van der Waals surface area contributed by atoms with Gasteiger partial charge in [-0.3, -0.25) is 4.79 Å². The first-order valence-electron chi connectivity index (χ1n) is 9.43. The van der Waals surface area contributed by atoms with E-state index in [2.05, 4.69) is 22.7 Å². The normalized spacial score (nSPS) is 23.0. The van der Waals surface area contributed by atoms with Crippen LogP contribution in [0.1, 0.15) is 60.1 Å². The predicted molar refractivity (Wildman–Crippen MR) is 103 cm³/mol. The lowest BCUT2D eigenvalue weighted by Gasteiger charge is -2.30. The zero-order valence-electron chi connectivity index (χ0n) is 15.3. The Morgan fingerprint density at radius 1 is 1.35 bits per heavy atom. The molecule has 0 radical (unpaired) electrons. The molecule has 0 spiro atoms. The number of carbonyl (C=O) groups excluding carboxylic acids is 1. The molecule has 1 aromatic heterocycles. The van der Waals surface area contributed by atoms with Crippen LogP contribution in [0.4, 0.5) is 0 Å². The van der Waals surface area contributed by atoms with E-state index in [0.717, 1.165) is 49.2 Å². The number of benzene rings is 1. The summed E-state index contributed by atoms with van der Waals surface area (Å²) in [4.78, 5) is 13.0. The van der Waals surface area contributed by atoms with Gasteiger partial charge in [0.05, 0.1) is 23.1 Å². The second-order valence-electron chi connectivity index (χ2n) is 7.53. The summed E-state index contributed by atoms with van der Waals surface area (Å²) in [5, 5.41) is 11.9. The summed E-state index contributed by atoms with van der Waals surface area (Å²) < 4.78 is 1.89. The highest BCUT2D eigenvalue weighted by atomic mass is 35.5. The van der Waals surface area contributed by atoms with Gasteiger partial charge in [-0.15, -0.1) is 0 Å². The molecule has 2 aromatic rings. The maximum absolute atomic E-state index is 13.0. The molecule has 6 heteroatoms. The largest absolute Gasteiger partial charge is 0.348 e. The van der Waals surface area contributed by atoms with Gasteiger partial charge in [0.25, 0.3) is 5.91 Å². The SMILES string of the molecule is Cc1ccc(-n2ncc(C(=O)NC3CCCNC3C)c2C2CC2)cc1Cl. The number of halogens is 1. The summed E-state index contributed by atoms with van der Waals surface area (Å²) in [6.07, 6.45) is 6.02. The van der Waals surface area contributed by atoms with Crippen LogP contribution in [0.25, 0.3) is 5.69 Å². The average Bonchev–Trinajstić information content (AvgIpc) is 3.37. The number of aryl methyl sites for hydroxylation is 1. The highest BCUT2D eigenvalue weighted by molar-refractivity contribution is 6.31. The number of piperidine rings is 1. The smallest absolute Gasteiger partial charge is 0.255 e. The molecule has 1 aromatic carbocycles. The fourth-order valence-electron chi connectivity index (χ4n) is 3.69. The molecule has 138 valence electrons. The zero-order chi connectivity index (χ0) is 18.3. The van der Waals surface area contributed by atoms with Gasteiger partial charge in [0, 0.05) is 23.0 Å². The Balaban J connectivity index is 1.63. The third-order valence-corrected chi connectivity index (χ3v) is 5.90. The molecule has 2 aliphatic rings. The first-order chi connectivity index (χ1) is 12.5. The Labute approximate surface area is 159 Å². The maximum Gasteiger partial charge on any atom is 0.255 e. The van der Waals surface area contributed by atoms with Crippen molar-refractivity contribution in [3.63, 3.8) is 0 Å². The van der Waals surface area contributed by atoms with Crippen LogP contribution < -0.4 is 10.6 Å². The monoisotopic (exact) mass is 372 g/mol. The molecule has 1 amide bonds. The lowest BCUT2D eigenvalue weighted by molar-refractivity contribution is 0.0919. The van der Waals surface area contributed by atoms with E-state index in [0.29, 0.717) is 22.5 Å². The van der Waals surface area contributed by atoms with Crippen LogP contribution in [0, 0.1) is 6.92 Å². The molecule has 2 atom stereocenters. The number of hydrogen-bond donors (Lipinski definition) is 2. The molecule has 1 saturated carbocycles. The highest BCUT2D eigenvalue weighted by Crippen LogP contribution is 2.42. The lowest BCUT2D eigenvalue weighted by atomic mass is 9.99. The van der Waals surface area contributed by atoms with Crippen molar-refractivity contribution in [3.8, 4) is 5.69 Å². The van der Waals surface area contributed by atoms with Gasteiger partial charge in [-0.25, -0.2) is 4.68 Å². The Bertz CT molecular complexity index is 827. The van der Waals surface area contributed by atoms with E-state index in [1.165, 1.54) is 0 Å². The molecule has 2 N–H and O–H groups in total. The van der Waals surface area contributed by atoms with E-state index in [-0.39, 0.29) is 11.9 Å². The van der Waals surface area contributed by atoms with Gasteiger partial charge in [0.15, 0.2) is 0 Å². The summed E-state index contributed by atoms with van der Waals surface area (Å²) in [6.45, 7) is 5.13. The predicted octanol–water partition coefficient (Wildman–Crippen LogP) is 3.58. The second-order valence-corrected chi connectivity index (χ2v) is 7.94. The third-order valence-electron chi connectivity index (χ3n) is 5.49. The fourth-order valence-corrected chi connectivity index (χ4v) is 3.86. The van der Waals surface area contributed by atoms with Crippen molar-refractivity contribution >= 4 is 17.5 Å². The van der Waals surface area contributed by atoms with Gasteiger partial charge >= 0.3 is 0 Å². The molecule has 5 nitrogen and oxygen atoms in total. The molecule has 1 saturated heterocycles. The Kier molecular flexibility index (Phi) is 4.76. The van der Waals surface area contributed by atoms with Crippen molar-refractivity contribution in [2.75, 3.05) is 6.54 Å². The van der Waals surface area contributed by atoms with Gasteiger partial charge in [-0.2, -0.15) is 5.10 Å². The molecule has 26 heavy (non-hydrogen) atoms. The first kappa shape index (κ1) is 17.6. The van der Waals surface area contributed by atoms with Crippen LogP contribution in [-0.2, 0) is 0 Å². The minimum Gasteiger partial charge on any atom is -0.348 e. The van der Waals surface area contributed by atoms with Gasteiger partial charge in [-0.1, -0.05) is 17.7 Å². The summed E-state index contributed by atoms with van der Waals surface area (Å²) >= 11 is 6.30. The molecule has 2 fully saturated rings. The van der Waals surface area contributed by atoms with E-state index in [1.807, 2.05) is 29.8 Å². The molecular formula is C20H25ClN4O. The molecule has 4 rings (SSSR count). The van der Waals surface area contributed by atoms with Crippen LogP contribution in [-0.4, -0.2) is 34.3 Å². The van der Waals surface area contributed by atoms with E-state index in [4.69, 9.17) is 11.6 Å². The van der Waals surface area contributed by atoms with E-state index < -0.39 is 0 Å². The van der Waals surface area contributed by atoms with Crippen LogP contribution in [0.3, 0.4) is 0 Å². The summed E-state index contributed by atoms with van der Waals surface area (Å²) in [7, 11) is 0. The molecule has 1 aliphatic carbocycles. The second kappa shape index (κ2) is 7.05. The van der Waals surface area contributed by atoms with Crippen molar-refractivity contribution < 1.29 is 4.79 Å². The number of amides is 1. The van der Waals surface area contributed by atoms with Crippen LogP contribution in [0.5, 0.6) is 0 Å². The quantitative estimate of drug-likeness (QED) is 0.862. The molecule has 0 bridgehead atoms. The molecule has 2 heterocycles. The minimum atomic E-state index is -0.0168. The summed E-state index contributed by atoms with van der Waals surface area (Å²) in [6, 6.07) is 6.38. The van der Waals surface area contributed by atoms with Crippen molar-refractivity contribution in [2.24, 2.45) is 0 Å². The van der Waals surface area contributed by atoms with E-state index in [1.54, 1.807) is 6.20 Å². The lowest BCUT2D eigenvalue weighted by Crippen LogP contribution is -2.52. The number of rotatable bonds is 4. The van der Waals surface area contributed by atoms with Gasteiger partial charge in [0.2, 0.25) is 0 Å². The first-order valence-corrected chi connectivity index (χ1v) is 9.81. The average molecular weight is 373 g/mol. The van der Waals surface area contributed by atoms with Crippen LogP contribution in [0.15, 0.2) is 24.4 Å². The number of aromatic nitrogens is 2. The minimum absolute atomic E-state index is 0.0168. The summed E-state index contributed by atoms with van der Waals surface area (Å²) in [5.74, 6) is 0.386. The standard InChI is InChI=1S/C20H25ClN4O/c1-12-5-8-15(10-17(12)21)25-19(14-6-7-14)16(11-23-25)20(26)24-18-4-3-9-22-13(18)2/h5,8,10-11,13-14,18,22H,3-4,6-7,9H2,1-2H3,(H,24,26). The Hall–Kier alpha value is -1.85. The van der Waals surface area contributed by atoms with Crippen molar-refractivity contribution in [2.45, 2.75) is 57.5 Å². The van der Waals surface area contributed by atoms with E-state index >= 15 is 0 Å². The summed E-state index contributed by atoms with van der Waals surface area (Å²) in [5.41, 5.74) is 3.65. The van der Waals surface area contributed by atoms with Gasteiger partial charge < -0.3 is 10.6 Å². The molecule has 2 unspecified atom stereocenters. The fraction of sp³-hybridized carbons (Fsp3) is 0.500. The highest BCUT2D eigenvalue weighted by Gasteiger charge is 2.34. The Morgan fingerprint density at radius 3 is 2.85 bits per heavy atom. The van der Waals surface area contributed by atoms with Crippen molar-refractivity contribution in [3.05, 3.63) is 46.2 Å². The number of carbonyl (C=O) groups is 1. The topological polar surface area (TPSA) is 59.0 Å². The number of nitrogens with zero attached hydrogens (tertiary/aromatic N) is 2. The van der Waals surface area contributed by atoms with Crippen LogP contribution in [0.2, 0.25) is 5.02 Å². The third kappa shape index (κ3) is 3.38. The number of hydrogen-bond acceptors (Lipinski definition) is 3. The molecule has 1 aliphatic heterocycles. The maximum atomic E-state index is 13.0. The van der Waals surface area contributed by atoms with Gasteiger partial charge in [-0.05, 0) is 63.8 Å². The van der Waals surface area contributed by atoms with Crippen LogP contribution >= 0.6 is 11.6 Å². The van der Waals surface area contributed by atoms with Crippen molar-refractivity contribution in [1.29, 1.82) is 0 Å².